The topological polar surface area (TPSA) is 53.5 Å². The molecule has 3 heterocycles. The molecule has 6 heteroatoms. The summed E-state index contributed by atoms with van der Waals surface area (Å²) < 4.78 is 0. The third kappa shape index (κ3) is 2.77. The number of benzene rings is 2. The monoisotopic (exact) mass is 387 g/mol. The Kier molecular flexibility index (Phi) is 4.13. The van der Waals surface area contributed by atoms with E-state index in [0.29, 0.717) is 17.1 Å². The predicted molar refractivity (Wildman–Crippen MR) is 109 cm³/mol. The molecule has 0 aliphatic carbocycles. The maximum atomic E-state index is 13.3. The van der Waals surface area contributed by atoms with Gasteiger partial charge in [0.05, 0.1) is 11.3 Å². The van der Waals surface area contributed by atoms with Crippen molar-refractivity contribution < 1.29 is 9.59 Å². The van der Waals surface area contributed by atoms with Crippen LogP contribution >= 0.6 is 11.8 Å². The SMILES string of the molecule is O=C(CN1C(=O)c2cccnc2Sc2ccccc21)N1CCc2ccccc21. The maximum Gasteiger partial charge on any atom is 0.261 e. The highest BCUT2D eigenvalue weighted by molar-refractivity contribution is 7.99. The van der Waals surface area contributed by atoms with Crippen LogP contribution in [0.1, 0.15) is 15.9 Å². The van der Waals surface area contributed by atoms with Crippen LogP contribution in [0.3, 0.4) is 0 Å². The number of nitrogens with zero attached hydrogens (tertiary/aromatic N) is 3. The lowest BCUT2D eigenvalue weighted by Gasteiger charge is -2.25. The zero-order chi connectivity index (χ0) is 19.1. The van der Waals surface area contributed by atoms with Crippen molar-refractivity contribution in [2.75, 3.05) is 22.9 Å². The van der Waals surface area contributed by atoms with Gasteiger partial charge < -0.3 is 4.90 Å². The van der Waals surface area contributed by atoms with Gasteiger partial charge >= 0.3 is 0 Å². The van der Waals surface area contributed by atoms with Gasteiger partial charge in [0.1, 0.15) is 11.6 Å². The quantitative estimate of drug-likeness (QED) is 0.672. The molecule has 0 N–H and O–H groups in total. The second kappa shape index (κ2) is 6.80. The summed E-state index contributed by atoms with van der Waals surface area (Å²) in [6.07, 6.45) is 2.53. The number of fused-ring (bicyclic) bond motifs is 3. The Bertz CT molecular complexity index is 1100. The molecule has 0 fully saturated rings. The molecule has 138 valence electrons. The summed E-state index contributed by atoms with van der Waals surface area (Å²) in [6.45, 7) is 0.647. The molecule has 5 rings (SSSR count). The van der Waals surface area contributed by atoms with E-state index in [1.54, 1.807) is 28.1 Å². The van der Waals surface area contributed by atoms with Crippen molar-refractivity contribution in [2.45, 2.75) is 16.3 Å². The average molecular weight is 387 g/mol. The van der Waals surface area contributed by atoms with Crippen LogP contribution in [0.25, 0.3) is 0 Å². The van der Waals surface area contributed by atoms with Gasteiger partial charge in [-0.3, -0.25) is 14.5 Å². The van der Waals surface area contributed by atoms with Crippen molar-refractivity contribution in [3.8, 4) is 0 Å². The van der Waals surface area contributed by atoms with Gasteiger partial charge in [-0.2, -0.15) is 0 Å². The van der Waals surface area contributed by atoms with E-state index in [1.807, 2.05) is 48.5 Å². The van der Waals surface area contributed by atoms with E-state index in [1.165, 1.54) is 17.3 Å². The fourth-order valence-electron chi connectivity index (χ4n) is 3.74. The van der Waals surface area contributed by atoms with Gasteiger partial charge in [-0.05, 0) is 42.3 Å². The molecule has 0 spiro atoms. The maximum absolute atomic E-state index is 13.3. The van der Waals surface area contributed by atoms with E-state index in [2.05, 4.69) is 4.98 Å². The minimum atomic E-state index is -0.193. The smallest absolute Gasteiger partial charge is 0.261 e. The molecule has 28 heavy (non-hydrogen) atoms. The summed E-state index contributed by atoms with van der Waals surface area (Å²) in [5.74, 6) is -0.271. The molecular formula is C22H17N3O2S. The number of hydrogen-bond donors (Lipinski definition) is 0. The number of amides is 2. The summed E-state index contributed by atoms with van der Waals surface area (Å²) in [4.78, 5) is 35.1. The van der Waals surface area contributed by atoms with Gasteiger partial charge in [0.25, 0.3) is 5.91 Å². The lowest BCUT2D eigenvalue weighted by molar-refractivity contribution is -0.117. The molecule has 2 aromatic carbocycles. The first-order valence-electron chi connectivity index (χ1n) is 9.14. The molecule has 0 atom stereocenters. The van der Waals surface area contributed by atoms with Gasteiger partial charge in [0.15, 0.2) is 0 Å². The summed E-state index contributed by atoms with van der Waals surface area (Å²) in [5, 5.41) is 0.668. The molecule has 2 aliphatic rings. The molecule has 1 aromatic heterocycles. The molecule has 0 saturated carbocycles. The highest BCUT2D eigenvalue weighted by Gasteiger charge is 2.32. The zero-order valence-electron chi connectivity index (χ0n) is 15.0. The first-order chi connectivity index (χ1) is 13.7. The number of para-hydroxylation sites is 2. The first kappa shape index (κ1) is 17.0. The van der Waals surface area contributed by atoms with Crippen molar-refractivity contribution in [1.82, 2.24) is 4.98 Å². The molecule has 0 bridgehead atoms. The minimum Gasteiger partial charge on any atom is -0.310 e. The van der Waals surface area contributed by atoms with E-state index in [4.69, 9.17) is 0 Å². The lowest BCUT2D eigenvalue weighted by atomic mass is 10.2. The van der Waals surface area contributed by atoms with Crippen molar-refractivity contribution in [2.24, 2.45) is 0 Å². The molecule has 2 aliphatic heterocycles. The molecule has 0 unspecified atom stereocenters. The van der Waals surface area contributed by atoms with Crippen LogP contribution in [0, 0.1) is 0 Å². The number of carbonyl (C=O) groups is 2. The Morgan fingerprint density at radius 3 is 2.68 bits per heavy atom. The highest BCUT2D eigenvalue weighted by Crippen LogP contribution is 2.40. The van der Waals surface area contributed by atoms with E-state index >= 15 is 0 Å². The Morgan fingerprint density at radius 2 is 1.79 bits per heavy atom. The van der Waals surface area contributed by atoms with E-state index in [9.17, 15) is 9.59 Å². The average Bonchev–Trinajstić information content (AvgIpc) is 3.12. The Hall–Kier alpha value is -3.12. The number of aromatic nitrogens is 1. The first-order valence-corrected chi connectivity index (χ1v) is 9.96. The third-order valence-electron chi connectivity index (χ3n) is 5.09. The number of anilines is 2. The number of rotatable bonds is 2. The van der Waals surface area contributed by atoms with Gasteiger partial charge in [0.2, 0.25) is 5.91 Å². The van der Waals surface area contributed by atoms with E-state index in [-0.39, 0.29) is 18.4 Å². The van der Waals surface area contributed by atoms with Crippen molar-refractivity contribution in [3.63, 3.8) is 0 Å². The molecular weight excluding hydrogens is 370 g/mol. The predicted octanol–water partition coefficient (Wildman–Crippen LogP) is 3.78. The zero-order valence-corrected chi connectivity index (χ0v) is 15.9. The number of carbonyl (C=O) groups excluding carboxylic acids is 2. The lowest BCUT2D eigenvalue weighted by Crippen LogP contribution is -2.42. The summed E-state index contributed by atoms with van der Waals surface area (Å²) in [6, 6.07) is 19.1. The normalized spacial score (nSPS) is 14.9. The standard InChI is InChI=1S/C22H17N3O2S/c26-20(24-13-11-15-6-1-2-8-17(15)24)14-25-18-9-3-4-10-19(18)28-21-16(22(25)27)7-5-12-23-21/h1-10,12H,11,13-14H2. The molecule has 0 saturated heterocycles. The Balaban J connectivity index is 1.52. The summed E-state index contributed by atoms with van der Waals surface area (Å²) >= 11 is 1.46. The molecule has 5 nitrogen and oxygen atoms in total. The minimum absolute atomic E-state index is 0.000917. The highest BCUT2D eigenvalue weighted by atomic mass is 32.2. The molecule has 0 radical (unpaired) electrons. The van der Waals surface area contributed by atoms with Crippen LogP contribution in [-0.2, 0) is 11.2 Å². The molecule has 3 aromatic rings. The van der Waals surface area contributed by atoms with E-state index < -0.39 is 0 Å². The third-order valence-corrected chi connectivity index (χ3v) is 6.17. The van der Waals surface area contributed by atoms with Crippen molar-refractivity contribution in [3.05, 3.63) is 78.0 Å². The van der Waals surface area contributed by atoms with Gasteiger partial charge in [-0.15, -0.1) is 0 Å². The van der Waals surface area contributed by atoms with Crippen LogP contribution in [0.15, 0.2) is 76.8 Å². The second-order valence-electron chi connectivity index (χ2n) is 6.74. The van der Waals surface area contributed by atoms with Crippen LogP contribution in [0.5, 0.6) is 0 Å². The van der Waals surface area contributed by atoms with Crippen molar-refractivity contribution >= 4 is 35.0 Å². The largest absolute Gasteiger partial charge is 0.310 e. The van der Waals surface area contributed by atoms with Crippen LogP contribution in [0.2, 0.25) is 0 Å². The molecule has 2 amide bonds. The van der Waals surface area contributed by atoms with Crippen molar-refractivity contribution in [1.29, 1.82) is 0 Å². The summed E-state index contributed by atoms with van der Waals surface area (Å²) in [7, 11) is 0. The number of pyridine rings is 1. The van der Waals surface area contributed by atoms with Gasteiger partial charge in [-0.1, -0.05) is 42.1 Å². The number of hydrogen-bond acceptors (Lipinski definition) is 4. The van der Waals surface area contributed by atoms with Crippen LogP contribution in [-0.4, -0.2) is 29.9 Å². The van der Waals surface area contributed by atoms with Gasteiger partial charge in [-0.25, -0.2) is 4.98 Å². The Labute approximate surface area is 167 Å². The van der Waals surface area contributed by atoms with E-state index in [0.717, 1.165) is 22.7 Å². The van der Waals surface area contributed by atoms with Gasteiger partial charge in [0, 0.05) is 23.3 Å². The summed E-state index contributed by atoms with van der Waals surface area (Å²) in [5.41, 5.74) is 3.39. The van der Waals surface area contributed by atoms with Crippen LogP contribution < -0.4 is 9.80 Å². The second-order valence-corrected chi connectivity index (χ2v) is 7.77. The Morgan fingerprint density at radius 1 is 1.00 bits per heavy atom. The van der Waals surface area contributed by atoms with Crippen LogP contribution in [0.4, 0.5) is 11.4 Å². The fourth-order valence-corrected chi connectivity index (χ4v) is 4.75. The fraction of sp³-hybridized carbons (Fsp3) is 0.136.